The summed E-state index contributed by atoms with van der Waals surface area (Å²) in [6.45, 7) is 2.31. The SMILES string of the molecule is C#Cc1ccccc1C(=O)N(CC1CC=C(c2ccc(C(=O)O)cc2)O1)c1ccccc1C. The Hall–Kier alpha value is -4.30. The number of amides is 1. The van der Waals surface area contributed by atoms with Crippen LogP contribution in [0.15, 0.2) is 78.9 Å². The fraction of sp³-hybridized carbons (Fsp3) is 0.143. The van der Waals surface area contributed by atoms with Gasteiger partial charge in [-0.1, -0.05) is 48.4 Å². The highest BCUT2D eigenvalue weighted by Crippen LogP contribution is 2.30. The highest BCUT2D eigenvalue weighted by Gasteiger charge is 2.28. The molecule has 0 aromatic heterocycles. The van der Waals surface area contributed by atoms with Crippen LogP contribution in [-0.4, -0.2) is 29.6 Å². The quantitative estimate of drug-likeness (QED) is 0.542. The van der Waals surface area contributed by atoms with Gasteiger partial charge in [-0.3, -0.25) is 4.79 Å². The van der Waals surface area contributed by atoms with Gasteiger partial charge in [0.2, 0.25) is 0 Å². The maximum atomic E-state index is 13.6. The molecule has 1 atom stereocenters. The van der Waals surface area contributed by atoms with E-state index in [4.69, 9.17) is 16.3 Å². The normalized spacial score (nSPS) is 14.7. The van der Waals surface area contributed by atoms with Crippen LogP contribution in [-0.2, 0) is 4.74 Å². The number of aromatic carboxylic acids is 1. The minimum absolute atomic E-state index is 0.180. The van der Waals surface area contributed by atoms with E-state index in [1.807, 2.05) is 43.3 Å². The molecule has 1 heterocycles. The second kappa shape index (κ2) is 9.46. The van der Waals surface area contributed by atoms with Crippen molar-refractivity contribution in [2.45, 2.75) is 19.4 Å². The predicted molar refractivity (Wildman–Crippen MR) is 128 cm³/mol. The average molecular weight is 437 g/mol. The minimum Gasteiger partial charge on any atom is -0.488 e. The molecule has 3 aromatic rings. The first kappa shape index (κ1) is 21.9. The highest BCUT2D eigenvalue weighted by atomic mass is 16.5. The summed E-state index contributed by atoms with van der Waals surface area (Å²) in [7, 11) is 0. The monoisotopic (exact) mass is 437 g/mol. The van der Waals surface area contributed by atoms with Crippen molar-refractivity contribution in [1.82, 2.24) is 0 Å². The topological polar surface area (TPSA) is 66.8 Å². The molecule has 1 aliphatic heterocycles. The first-order valence-corrected chi connectivity index (χ1v) is 10.6. The number of ether oxygens (including phenoxy) is 1. The van der Waals surface area contributed by atoms with Crippen molar-refractivity contribution in [3.63, 3.8) is 0 Å². The van der Waals surface area contributed by atoms with Crippen molar-refractivity contribution in [2.75, 3.05) is 11.4 Å². The fourth-order valence-corrected chi connectivity index (χ4v) is 3.89. The van der Waals surface area contributed by atoms with E-state index in [9.17, 15) is 9.59 Å². The molecule has 0 radical (unpaired) electrons. The molecular formula is C28H23NO4. The molecule has 0 fully saturated rings. The van der Waals surface area contributed by atoms with Crippen LogP contribution in [0.25, 0.3) is 5.76 Å². The Labute approximate surface area is 192 Å². The van der Waals surface area contributed by atoms with Gasteiger partial charge in [-0.25, -0.2) is 4.79 Å². The summed E-state index contributed by atoms with van der Waals surface area (Å²) in [6, 6.07) is 21.4. The molecule has 0 saturated carbocycles. The largest absolute Gasteiger partial charge is 0.488 e. The van der Waals surface area contributed by atoms with Gasteiger partial charge < -0.3 is 14.7 Å². The molecule has 0 aliphatic carbocycles. The van der Waals surface area contributed by atoms with Crippen molar-refractivity contribution in [2.24, 2.45) is 0 Å². The van der Waals surface area contributed by atoms with Gasteiger partial charge in [0.1, 0.15) is 11.9 Å². The van der Waals surface area contributed by atoms with E-state index >= 15 is 0 Å². The third kappa shape index (κ3) is 4.65. The summed E-state index contributed by atoms with van der Waals surface area (Å²) < 4.78 is 6.16. The molecule has 1 aliphatic rings. The van der Waals surface area contributed by atoms with Crippen molar-refractivity contribution in [1.29, 1.82) is 0 Å². The smallest absolute Gasteiger partial charge is 0.335 e. The van der Waals surface area contributed by atoms with E-state index in [1.54, 1.807) is 47.4 Å². The van der Waals surface area contributed by atoms with Crippen LogP contribution in [0.3, 0.4) is 0 Å². The summed E-state index contributed by atoms with van der Waals surface area (Å²) in [6.07, 6.45) is 7.99. The first-order chi connectivity index (χ1) is 16.0. The number of hydrogen-bond acceptors (Lipinski definition) is 3. The van der Waals surface area contributed by atoms with Gasteiger partial charge >= 0.3 is 5.97 Å². The van der Waals surface area contributed by atoms with Gasteiger partial charge in [-0.05, 0) is 48.9 Å². The molecule has 164 valence electrons. The van der Waals surface area contributed by atoms with Gasteiger partial charge in [-0.15, -0.1) is 6.42 Å². The lowest BCUT2D eigenvalue weighted by Crippen LogP contribution is -2.38. The number of hydrogen-bond donors (Lipinski definition) is 1. The molecule has 1 N–H and O–H groups in total. The van der Waals surface area contributed by atoms with E-state index in [-0.39, 0.29) is 17.6 Å². The number of carbonyl (C=O) groups excluding carboxylic acids is 1. The number of rotatable bonds is 6. The zero-order chi connectivity index (χ0) is 23.4. The van der Waals surface area contributed by atoms with Crippen LogP contribution in [0.4, 0.5) is 5.69 Å². The standard InChI is InChI=1S/C28H23NO4/c1-3-20-9-5-6-10-24(20)27(30)29(25-11-7-4-8-19(25)2)18-23-16-17-26(33-23)21-12-14-22(15-13-21)28(31)32/h1,4-15,17,23H,16,18H2,2H3,(H,31,32). The van der Waals surface area contributed by atoms with Crippen molar-refractivity contribution >= 4 is 23.3 Å². The first-order valence-electron chi connectivity index (χ1n) is 10.6. The molecule has 1 amide bonds. The minimum atomic E-state index is -0.972. The van der Waals surface area contributed by atoms with E-state index in [1.165, 1.54) is 0 Å². The second-order valence-corrected chi connectivity index (χ2v) is 7.82. The number of terminal acetylenes is 1. The van der Waals surface area contributed by atoms with Gasteiger partial charge in [0.15, 0.2) is 0 Å². The molecule has 1 unspecified atom stereocenters. The second-order valence-electron chi connectivity index (χ2n) is 7.82. The van der Waals surface area contributed by atoms with Crippen molar-refractivity contribution in [3.05, 3.63) is 107 Å². The molecule has 5 nitrogen and oxygen atoms in total. The van der Waals surface area contributed by atoms with Crippen LogP contribution >= 0.6 is 0 Å². The summed E-state index contributed by atoms with van der Waals surface area (Å²) in [5.41, 5.74) is 3.81. The zero-order valence-electron chi connectivity index (χ0n) is 18.2. The van der Waals surface area contributed by atoms with Crippen molar-refractivity contribution < 1.29 is 19.4 Å². The lowest BCUT2D eigenvalue weighted by molar-refractivity contribution is 0.0696. The highest BCUT2D eigenvalue weighted by molar-refractivity contribution is 6.08. The number of nitrogens with zero attached hydrogens (tertiary/aromatic N) is 1. The van der Waals surface area contributed by atoms with Gasteiger partial charge in [0, 0.05) is 23.2 Å². The van der Waals surface area contributed by atoms with Crippen molar-refractivity contribution in [3.8, 4) is 12.3 Å². The molecule has 0 bridgehead atoms. The van der Waals surface area contributed by atoms with E-state index in [2.05, 4.69) is 5.92 Å². The number of carboxylic acids is 1. The maximum Gasteiger partial charge on any atom is 0.335 e. The molecule has 5 heteroatoms. The third-order valence-electron chi connectivity index (χ3n) is 5.63. The number of anilines is 1. The van der Waals surface area contributed by atoms with Gasteiger partial charge in [0.05, 0.1) is 17.7 Å². The molecule has 4 rings (SSSR count). The lowest BCUT2D eigenvalue weighted by atomic mass is 10.0. The summed E-state index contributed by atoms with van der Waals surface area (Å²) in [5.74, 6) is 2.13. The number of aryl methyl sites for hydroxylation is 1. The Bertz CT molecular complexity index is 1270. The Morgan fingerprint density at radius 2 is 1.76 bits per heavy atom. The molecule has 0 spiro atoms. The molecular weight excluding hydrogens is 414 g/mol. The molecule has 33 heavy (non-hydrogen) atoms. The Morgan fingerprint density at radius 3 is 2.45 bits per heavy atom. The molecule has 3 aromatic carbocycles. The summed E-state index contributed by atoms with van der Waals surface area (Å²) in [4.78, 5) is 26.4. The van der Waals surface area contributed by atoms with Crippen LogP contribution in [0, 0.1) is 19.3 Å². The van der Waals surface area contributed by atoms with E-state index in [0.29, 0.717) is 29.9 Å². The third-order valence-corrected chi connectivity index (χ3v) is 5.63. The zero-order valence-corrected chi connectivity index (χ0v) is 18.2. The number of carbonyl (C=O) groups is 2. The number of benzene rings is 3. The van der Waals surface area contributed by atoms with Gasteiger partial charge in [0.25, 0.3) is 5.91 Å². The number of para-hydroxylation sites is 1. The Balaban J connectivity index is 1.58. The average Bonchev–Trinajstić information content (AvgIpc) is 3.31. The molecule has 0 saturated heterocycles. The van der Waals surface area contributed by atoms with Gasteiger partial charge in [-0.2, -0.15) is 0 Å². The predicted octanol–water partition coefficient (Wildman–Crippen LogP) is 5.15. The van der Waals surface area contributed by atoms with E-state index in [0.717, 1.165) is 16.8 Å². The fourth-order valence-electron chi connectivity index (χ4n) is 3.89. The van der Waals surface area contributed by atoms with Crippen LogP contribution in [0.5, 0.6) is 0 Å². The summed E-state index contributed by atoms with van der Waals surface area (Å²) >= 11 is 0. The maximum absolute atomic E-state index is 13.6. The summed E-state index contributed by atoms with van der Waals surface area (Å²) in [5, 5.41) is 9.10. The van der Waals surface area contributed by atoms with Crippen LogP contribution in [0.1, 0.15) is 43.8 Å². The van der Waals surface area contributed by atoms with Crippen LogP contribution < -0.4 is 4.90 Å². The lowest BCUT2D eigenvalue weighted by Gasteiger charge is -2.28. The van der Waals surface area contributed by atoms with Crippen LogP contribution in [0.2, 0.25) is 0 Å². The Kier molecular flexibility index (Phi) is 6.28. The Morgan fingerprint density at radius 1 is 1.06 bits per heavy atom. The number of carboxylic acid groups (broad SMARTS) is 1. The van der Waals surface area contributed by atoms with E-state index < -0.39 is 5.97 Å².